The van der Waals surface area contributed by atoms with Crippen LogP contribution in [-0.2, 0) is 9.59 Å². The Balaban J connectivity index is 0.000000845. The van der Waals surface area contributed by atoms with Crippen LogP contribution in [0, 0.1) is 0 Å². The summed E-state index contributed by atoms with van der Waals surface area (Å²) >= 11 is 0. The summed E-state index contributed by atoms with van der Waals surface area (Å²) in [6.07, 6.45) is 2.17. The molecule has 2 aliphatic rings. The Bertz CT molecular complexity index is 256. The third-order valence-electron chi connectivity index (χ3n) is 2.92. The number of fused-ring (bicyclic) bond motifs is 1. The first kappa shape index (κ1) is 10.6. The molecular formula is C8H10LiNO3. The summed E-state index contributed by atoms with van der Waals surface area (Å²) in [7, 11) is 0. The van der Waals surface area contributed by atoms with E-state index in [0.717, 1.165) is 6.42 Å². The van der Waals surface area contributed by atoms with Crippen molar-refractivity contribution in [3.8, 4) is 0 Å². The fraction of sp³-hybridized carbons (Fsp3) is 0.750. The molecule has 66 valence electrons. The van der Waals surface area contributed by atoms with Crippen LogP contribution in [0.4, 0.5) is 0 Å². The van der Waals surface area contributed by atoms with Crippen molar-refractivity contribution < 1.29 is 33.6 Å². The minimum absolute atomic E-state index is 0. The smallest absolute Gasteiger partial charge is 0.548 e. The van der Waals surface area contributed by atoms with E-state index in [1.165, 1.54) is 4.90 Å². The Morgan fingerprint density at radius 1 is 1.46 bits per heavy atom. The second kappa shape index (κ2) is 3.36. The van der Waals surface area contributed by atoms with Crippen molar-refractivity contribution >= 4 is 11.9 Å². The normalized spacial score (nSPS) is 31.4. The SMILES string of the molecule is O=C1CCC2(C(=O)[O-])CCCN12.[Li+]. The molecule has 1 unspecified atom stereocenters. The third kappa shape index (κ3) is 1.29. The van der Waals surface area contributed by atoms with Gasteiger partial charge in [-0.05, 0) is 19.3 Å². The van der Waals surface area contributed by atoms with Crippen LogP contribution in [0.1, 0.15) is 25.7 Å². The van der Waals surface area contributed by atoms with Gasteiger partial charge in [0.2, 0.25) is 5.91 Å². The van der Waals surface area contributed by atoms with E-state index in [0.29, 0.717) is 25.8 Å². The minimum Gasteiger partial charge on any atom is -0.548 e. The van der Waals surface area contributed by atoms with Gasteiger partial charge < -0.3 is 14.8 Å². The van der Waals surface area contributed by atoms with Gasteiger partial charge in [0.1, 0.15) is 0 Å². The summed E-state index contributed by atoms with van der Waals surface area (Å²) in [6, 6.07) is 0. The van der Waals surface area contributed by atoms with Crippen molar-refractivity contribution in [2.24, 2.45) is 0 Å². The zero-order valence-electron chi connectivity index (χ0n) is 7.71. The Labute approximate surface area is 88.5 Å². The number of carbonyl (C=O) groups is 2. The number of aliphatic carboxylic acids is 1. The number of carboxylic acids is 1. The van der Waals surface area contributed by atoms with Crippen molar-refractivity contribution in [1.82, 2.24) is 4.90 Å². The molecule has 13 heavy (non-hydrogen) atoms. The minimum atomic E-state index is -1.08. The summed E-state index contributed by atoms with van der Waals surface area (Å²) in [4.78, 5) is 23.5. The van der Waals surface area contributed by atoms with Gasteiger partial charge in [-0.15, -0.1) is 0 Å². The summed E-state index contributed by atoms with van der Waals surface area (Å²) in [5.41, 5.74) is -0.933. The Morgan fingerprint density at radius 3 is 2.69 bits per heavy atom. The van der Waals surface area contributed by atoms with Gasteiger partial charge in [-0.1, -0.05) is 0 Å². The van der Waals surface area contributed by atoms with E-state index in [1.54, 1.807) is 0 Å². The predicted octanol–water partition coefficient (Wildman–Crippen LogP) is -4.10. The topological polar surface area (TPSA) is 60.4 Å². The molecule has 2 saturated heterocycles. The molecule has 0 aromatic carbocycles. The summed E-state index contributed by atoms with van der Waals surface area (Å²) in [5, 5.41) is 10.8. The molecule has 2 aliphatic heterocycles. The predicted molar refractivity (Wildman–Crippen MR) is 37.9 cm³/mol. The monoisotopic (exact) mass is 175 g/mol. The van der Waals surface area contributed by atoms with E-state index < -0.39 is 11.5 Å². The number of carbonyl (C=O) groups excluding carboxylic acids is 2. The largest absolute Gasteiger partial charge is 1.00 e. The van der Waals surface area contributed by atoms with Crippen molar-refractivity contribution in [2.75, 3.05) is 6.54 Å². The maximum Gasteiger partial charge on any atom is 1.00 e. The van der Waals surface area contributed by atoms with Crippen LogP contribution in [0.25, 0.3) is 0 Å². The molecule has 0 spiro atoms. The first-order valence-electron chi connectivity index (χ1n) is 4.19. The van der Waals surface area contributed by atoms with Crippen LogP contribution in [0.3, 0.4) is 0 Å². The Kier molecular flexibility index (Phi) is 2.74. The standard InChI is InChI=1S/C8H11NO3.Li/c10-6-2-4-8(7(11)12)3-1-5-9(6)8;/h1-5H2,(H,11,12);/q;+1/p-1. The van der Waals surface area contributed by atoms with Crippen LogP contribution in [-0.4, -0.2) is 28.9 Å². The second-order valence-corrected chi connectivity index (χ2v) is 3.47. The molecule has 2 rings (SSSR count). The molecule has 0 radical (unpaired) electrons. The molecule has 0 saturated carbocycles. The van der Waals surface area contributed by atoms with E-state index >= 15 is 0 Å². The Morgan fingerprint density at radius 2 is 2.15 bits per heavy atom. The molecule has 0 bridgehead atoms. The zero-order chi connectivity index (χ0) is 8.77. The number of carboxylic acid groups (broad SMARTS) is 1. The molecule has 1 amide bonds. The van der Waals surface area contributed by atoms with E-state index in [1.807, 2.05) is 0 Å². The fourth-order valence-corrected chi connectivity index (χ4v) is 2.26. The van der Waals surface area contributed by atoms with Gasteiger partial charge in [0, 0.05) is 13.0 Å². The van der Waals surface area contributed by atoms with Crippen LogP contribution < -0.4 is 24.0 Å². The van der Waals surface area contributed by atoms with Gasteiger partial charge in [-0.3, -0.25) is 4.79 Å². The van der Waals surface area contributed by atoms with Gasteiger partial charge in [-0.25, -0.2) is 0 Å². The maximum atomic E-state index is 11.2. The van der Waals surface area contributed by atoms with Gasteiger partial charge in [-0.2, -0.15) is 0 Å². The first-order chi connectivity index (χ1) is 5.67. The molecule has 0 aromatic rings. The van der Waals surface area contributed by atoms with Gasteiger partial charge >= 0.3 is 18.9 Å². The quantitative estimate of drug-likeness (QED) is 0.380. The number of amides is 1. The number of nitrogens with zero attached hydrogens (tertiary/aromatic N) is 1. The Hall–Kier alpha value is -0.463. The number of rotatable bonds is 1. The van der Waals surface area contributed by atoms with E-state index in [4.69, 9.17) is 0 Å². The molecule has 4 nitrogen and oxygen atoms in total. The molecule has 0 aliphatic carbocycles. The molecular weight excluding hydrogens is 165 g/mol. The number of hydrogen-bond acceptors (Lipinski definition) is 3. The zero-order valence-corrected chi connectivity index (χ0v) is 7.71. The van der Waals surface area contributed by atoms with Gasteiger partial charge in [0.05, 0.1) is 11.5 Å². The van der Waals surface area contributed by atoms with Gasteiger partial charge in [0.15, 0.2) is 0 Å². The van der Waals surface area contributed by atoms with Crippen LogP contribution >= 0.6 is 0 Å². The molecule has 5 heteroatoms. The summed E-state index contributed by atoms with van der Waals surface area (Å²) in [6.45, 7) is 0.590. The average molecular weight is 175 g/mol. The van der Waals surface area contributed by atoms with E-state index in [9.17, 15) is 14.7 Å². The molecule has 2 heterocycles. The van der Waals surface area contributed by atoms with E-state index in [2.05, 4.69) is 0 Å². The molecule has 0 aromatic heterocycles. The third-order valence-corrected chi connectivity index (χ3v) is 2.92. The van der Waals surface area contributed by atoms with Crippen molar-refractivity contribution in [3.63, 3.8) is 0 Å². The van der Waals surface area contributed by atoms with Crippen LogP contribution in [0.2, 0.25) is 0 Å². The van der Waals surface area contributed by atoms with Crippen LogP contribution in [0.15, 0.2) is 0 Å². The molecule has 1 atom stereocenters. The fourth-order valence-electron chi connectivity index (χ4n) is 2.26. The van der Waals surface area contributed by atoms with Crippen LogP contribution in [0.5, 0.6) is 0 Å². The molecule has 0 N–H and O–H groups in total. The summed E-state index contributed by atoms with van der Waals surface area (Å²) < 4.78 is 0. The van der Waals surface area contributed by atoms with Gasteiger partial charge in [0.25, 0.3) is 0 Å². The van der Waals surface area contributed by atoms with Crippen molar-refractivity contribution in [2.45, 2.75) is 31.2 Å². The summed E-state index contributed by atoms with van der Waals surface area (Å²) in [5.74, 6) is -1.11. The van der Waals surface area contributed by atoms with E-state index in [-0.39, 0.29) is 24.8 Å². The maximum absolute atomic E-state index is 11.2. The van der Waals surface area contributed by atoms with Crippen molar-refractivity contribution in [3.05, 3.63) is 0 Å². The second-order valence-electron chi connectivity index (χ2n) is 3.47. The molecule has 2 fully saturated rings. The average Bonchev–Trinajstić information content (AvgIpc) is 2.53. The van der Waals surface area contributed by atoms with Crippen molar-refractivity contribution in [1.29, 1.82) is 0 Å². The first-order valence-corrected chi connectivity index (χ1v) is 4.19. The number of hydrogen-bond donors (Lipinski definition) is 0.